The van der Waals surface area contributed by atoms with Crippen molar-refractivity contribution in [1.29, 1.82) is 0 Å². The SMILES string of the molecule is C=c1[nH]c2c(CC)cc(C(C)(C)C)cc2c1=C. The molecule has 1 heterocycles. The quantitative estimate of drug-likeness (QED) is 0.771. The first-order valence-corrected chi connectivity index (χ1v) is 6.17. The van der Waals surface area contributed by atoms with Crippen LogP contribution in [0.4, 0.5) is 0 Å². The van der Waals surface area contributed by atoms with Crippen LogP contribution in [-0.4, -0.2) is 4.98 Å². The van der Waals surface area contributed by atoms with E-state index in [9.17, 15) is 0 Å². The Bertz CT molecular complexity index is 653. The zero-order chi connectivity index (χ0) is 12.8. The highest BCUT2D eigenvalue weighted by atomic mass is 14.7. The maximum absolute atomic E-state index is 4.11. The maximum atomic E-state index is 4.11. The Morgan fingerprint density at radius 2 is 1.82 bits per heavy atom. The molecular formula is C16H21N. The summed E-state index contributed by atoms with van der Waals surface area (Å²) >= 11 is 0. The first-order chi connectivity index (χ1) is 7.84. The summed E-state index contributed by atoms with van der Waals surface area (Å²) in [6.45, 7) is 17.0. The molecule has 90 valence electrons. The lowest BCUT2D eigenvalue weighted by Crippen LogP contribution is -2.18. The lowest BCUT2D eigenvalue weighted by atomic mass is 9.85. The number of benzene rings is 1. The van der Waals surface area contributed by atoms with Gasteiger partial charge in [0, 0.05) is 16.3 Å². The molecule has 1 nitrogen and oxygen atoms in total. The van der Waals surface area contributed by atoms with Gasteiger partial charge in [-0.3, -0.25) is 0 Å². The van der Waals surface area contributed by atoms with E-state index >= 15 is 0 Å². The average molecular weight is 227 g/mol. The summed E-state index contributed by atoms with van der Waals surface area (Å²) in [5, 5.41) is 3.18. The minimum Gasteiger partial charge on any atom is -0.355 e. The number of aromatic nitrogens is 1. The van der Waals surface area contributed by atoms with Crippen LogP contribution >= 0.6 is 0 Å². The fraction of sp³-hybridized carbons (Fsp3) is 0.375. The molecule has 17 heavy (non-hydrogen) atoms. The summed E-state index contributed by atoms with van der Waals surface area (Å²) in [7, 11) is 0. The molecule has 0 saturated heterocycles. The van der Waals surface area contributed by atoms with E-state index in [2.05, 4.69) is 58.0 Å². The van der Waals surface area contributed by atoms with Crippen molar-refractivity contribution < 1.29 is 0 Å². The van der Waals surface area contributed by atoms with Crippen molar-refractivity contribution in [3.8, 4) is 0 Å². The van der Waals surface area contributed by atoms with Gasteiger partial charge in [0.2, 0.25) is 0 Å². The van der Waals surface area contributed by atoms with E-state index in [0.29, 0.717) is 0 Å². The molecule has 2 aromatic rings. The Labute approximate surface area is 103 Å². The van der Waals surface area contributed by atoms with Crippen molar-refractivity contribution in [3.05, 3.63) is 33.8 Å². The highest BCUT2D eigenvalue weighted by Crippen LogP contribution is 2.26. The molecule has 1 heteroatoms. The van der Waals surface area contributed by atoms with Crippen LogP contribution in [0.3, 0.4) is 0 Å². The van der Waals surface area contributed by atoms with E-state index in [1.165, 1.54) is 22.0 Å². The zero-order valence-electron chi connectivity index (χ0n) is 11.3. The minimum absolute atomic E-state index is 0.170. The lowest BCUT2D eigenvalue weighted by Gasteiger charge is -2.20. The minimum atomic E-state index is 0.170. The predicted octanol–water partition coefficient (Wildman–Crippen LogP) is 2.85. The van der Waals surface area contributed by atoms with E-state index in [1.807, 2.05) is 0 Å². The van der Waals surface area contributed by atoms with Crippen molar-refractivity contribution in [1.82, 2.24) is 4.98 Å². The van der Waals surface area contributed by atoms with Crippen molar-refractivity contribution in [2.24, 2.45) is 0 Å². The molecule has 0 aliphatic rings. The number of H-pyrrole nitrogens is 1. The van der Waals surface area contributed by atoms with Gasteiger partial charge in [0.05, 0.1) is 0 Å². The van der Waals surface area contributed by atoms with Gasteiger partial charge in [0.25, 0.3) is 0 Å². The molecule has 0 spiro atoms. The molecule has 2 rings (SSSR count). The Kier molecular flexibility index (Phi) is 2.65. The monoisotopic (exact) mass is 227 g/mol. The van der Waals surface area contributed by atoms with Gasteiger partial charge >= 0.3 is 0 Å². The summed E-state index contributed by atoms with van der Waals surface area (Å²) in [4.78, 5) is 3.35. The third kappa shape index (κ3) is 1.90. The van der Waals surface area contributed by atoms with Crippen LogP contribution in [0.15, 0.2) is 12.1 Å². The molecule has 0 amide bonds. The molecule has 0 radical (unpaired) electrons. The Balaban J connectivity index is 2.90. The van der Waals surface area contributed by atoms with Crippen LogP contribution in [0, 0.1) is 0 Å². The van der Waals surface area contributed by atoms with Gasteiger partial charge in [-0.25, -0.2) is 0 Å². The van der Waals surface area contributed by atoms with Gasteiger partial charge in [0.15, 0.2) is 0 Å². The fourth-order valence-corrected chi connectivity index (χ4v) is 2.19. The average Bonchev–Trinajstić information content (AvgIpc) is 2.53. The van der Waals surface area contributed by atoms with Crippen LogP contribution in [0.25, 0.3) is 24.1 Å². The van der Waals surface area contributed by atoms with E-state index < -0.39 is 0 Å². The molecule has 0 unspecified atom stereocenters. The number of rotatable bonds is 1. The second-order valence-electron chi connectivity index (χ2n) is 5.74. The van der Waals surface area contributed by atoms with E-state index in [4.69, 9.17) is 0 Å². The highest BCUT2D eigenvalue weighted by Gasteiger charge is 2.16. The highest BCUT2D eigenvalue weighted by molar-refractivity contribution is 5.84. The van der Waals surface area contributed by atoms with Gasteiger partial charge in [0.1, 0.15) is 0 Å². The topological polar surface area (TPSA) is 15.8 Å². The molecular weight excluding hydrogens is 206 g/mol. The molecule has 1 N–H and O–H groups in total. The predicted molar refractivity (Wildman–Crippen MR) is 76.7 cm³/mol. The number of fused-ring (bicyclic) bond motifs is 1. The van der Waals surface area contributed by atoms with Crippen LogP contribution in [0.2, 0.25) is 0 Å². The third-order valence-corrected chi connectivity index (χ3v) is 3.43. The van der Waals surface area contributed by atoms with Crippen LogP contribution in [0.1, 0.15) is 38.8 Å². The van der Waals surface area contributed by atoms with E-state index in [1.54, 1.807) is 0 Å². The van der Waals surface area contributed by atoms with Crippen molar-refractivity contribution in [2.45, 2.75) is 39.5 Å². The molecule has 0 bridgehead atoms. The summed E-state index contributed by atoms with van der Waals surface area (Å²) in [5.41, 5.74) is 4.09. The summed E-state index contributed by atoms with van der Waals surface area (Å²) < 4.78 is 0. The molecule has 0 aliphatic carbocycles. The van der Waals surface area contributed by atoms with Crippen LogP contribution in [0.5, 0.6) is 0 Å². The number of aryl methyl sites for hydroxylation is 1. The van der Waals surface area contributed by atoms with Crippen molar-refractivity contribution >= 4 is 24.1 Å². The summed E-state index contributed by atoms with van der Waals surface area (Å²) in [5.74, 6) is 0. The zero-order valence-corrected chi connectivity index (χ0v) is 11.3. The van der Waals surface area contributed by atoms with E-state index in [0.717, 1.165) is 17.0 Å². The number of aromatic amines is 1. The standard InChI is InChI=1S/C16H21N/c1-7-12-8-13(16(4,5)6)9-14-10(2)11(3)17-15(12)14/h8-9,17H,2-3,7H2,1,4-6H3. The van der Waals surface area contributed by atoms with Crippen LogP contribution < -0.4 is 10.6 Å². The molecule has 0 saturated carbocycles. The number of hydrogen-bond acceptors (Lipinski definition) is 0. The Morgan fingerprint density at radius 1 is 1.18 bits per heavy atom. The fourth-order valence-electron chi connectivity index (χ4n) is 2.19. The largest absolute Gasteiger partial charge is 0.355 e. The van der Waals surface area contributed by atoms with Crippen LogP contribution in [-0.2, 0) is 11.8 Å². The van der Waals surface area contributed by atoms with E-state index in [-0.39, 0.29) is 5.41 Å². The smallest absolute Gasteiger partial charge is 0.0497 e. The lowest BCUT2D eigenvalue weighted by molar-refractivity contribution is 0.590. The summed E-state index contributed by atoms with van der Waals surface area (Å²) in [6, 6.07) is 4.56. The molecule has 0 aliphatic heterocycles. The molecule has 1 aromatic heterocycles. The molecule has 1 aromatic carbocycles. The van der Waals surface area contributed by atoms with Gasteiger partial charge in [-0.1, -0.05) is 46.9 Å². The van der Waals surface area contributed by atoms with Gasteiger partial charge < -0.3 is 4.98 Å². The number of hydrogen-bond donors (Lipinski definition) is 1. The van der Waals surface area contributed by atoms with Gasteiger partial charge in [-0.2, -0.15) is 0 Å². The Hall–Kier alpha value is -1.50. The molecule has 0 atom stereocenters. The summed E-state index contributed by atoms with van der Waals surface area (Å²) in [6.07, 6.45) is 1.03. The number of nitrogens with one attached hydrogen (secondary N) is 1. The third-order valence-electron chi connectivity index (χ3n) is 3.43. The maximum Gasteiger partial charge on any atom is 0.0497 e. The van der Waals surface area contributed by atoms with Gasteiger partial charge in [-0.15, -0.1) is 0 Å². The normalized spacial score (nSPS) is 12.2. The van der Waals surface area contributed by atoms with Gasteiger partial charge in [-0.05, 0) is 34.2 Å². The first kappa shape index (κ1) is 12.0. The second kappa shape index (κ2) is 3.76. The van der Waals surface area contributed by atoms with Crippen molar-refractivity contribution in [3.63, 3.8) is 0 Å². The second-order valence-corrected chi connectivity index (χ2v) is 5.74. The Morgan fingerprint density at radius 3 is 2.35 bits per heavy atom. The molecule has 0 fully saturated rings. The van der Waals surface area contributed by atoms with Crippen molar-refractivity contribution in [2.75, 3.05) is 0 Å². The first-order valence-electron chi connectivity index (χ1n) is 6.17.